The van der Waals surface area contributed by atoms with Crippen LogP contribution in [0.25, 0.3) is 0 Å². The Hall–Kier alpha value is -2.50. The molecule has 2 aromatic rings. The fourth-order valence-electron chi connectivity index (χ4n) is 2.44. The highest BCUT2D eigenvalue weighted by Gasteiger charge is 2.22. The van der Waals surface area contributed by atoms with Gasteiger partial charge in [0.2, 0.25) is 0 Å². The number of aromatic nitrogens is 2. The van der Waals surface area contributed by atoms with Crippen LogP contribution in [0.2, 0.25) is 0 Å². The number of hydrogen-bond donors (Lipinski definition) is 2. The van der Waals surface area contributed by atoms with E-state index in [1.807, 2.05) is 18.2 Å². The molecule has 0 spiro atoms. The Labute approximate surface area is 116 Å². The molecule has 0 saturated carbocycles. The van der Waals surface area contributed by atoms with Gasteiger partial charge < -0.3 is 15.8 Å². The number of hydrogen-bond acceptors (Lipinski definition) is 4. The van der Waals surface area contributed by atoms with Gasteiger partial charge in [-0.15, -0.1) is 0 Å². The number of nitrogens with zero attached hydrogens (tertiary/aromatic N) is 2. The third kappa shape index (κ3) is 2.20. The second-order valence-electron chi connectivity index (χ2n) is 4.82. The van der Waals surface area contributed by atoms with Crippen molar-refractivity contribution < 1.29 is 9.53 Å². The third-order valence-corrected chi connectivity index (χ3v) is 3.52. The van der Waals surface area contributed by atoms with Gasteiger partial charge in [0.25, 0.3) is 5.91 Å². The number of ether oxygens (including phenoxy) is 1. The van der Waals surface area contributed by atoms with Crippen LogP contribution in [-0.4, -0.2) is 29.3 Å². The van der Waals surface area contributed by atoms with Crippen LogP contribution in [0.5, 0.6) is 5.75 Å². The lowest BCUT2D eigenvalue weighted by molar-refractivity contribution is 0.0994. The molecule has 1 aromatic heterocycles. The Morgan fingerprint density at radius 1 is 1.50 bits per heavy atom. The molecule has 1 unspecified atom stereocenters. The molecule has 6 heteroatoms. The minimum absolute atomic E-state index is 0.276. The van der Waals surface area contributed by atoms with Gasteiger partial charge in [-0.25, -0.2) is 4.68 Å². The molecule has 20 heavy (non-hydrogen) atoms. The summed E-state index contributed by atoms with van der Waals surface area (Å²) >= 11 is 0. The van der Waals surface area contributed by atoms with Crippen molar-refractivity contribution in [2.75, 3.05) is 19.0 Å². The molecule has 0 aliphatic carbocycles. The largest absolute Gasteiger partial charge is 0.497 e. The van der Waals surface area contributed by atoms with Gasteiger partial charge in [-0.1, -0.05) is 12.1 Å². The number of fused-ring (bicyclic) bond motifs is 1. The van der Waals surface area contributed by atoms with Crippen LogP contribution in [0.1, 0.15) is 22.0 Å². The van der Waals surface area contributed by atoms with E-state index < -0.39 is 5.91 Å². The molecule has 104 valence electrons. The number of carbonyl (C=O) groups is 1. The van der Waals surface area contributed by atoms with Crippen molar-refractivity contribution in [3.8, 4) is 5.75 Å². The summed E-state index contributed by atoms with van der Waals surface area (Å²) in [5, 5.41) is 7.49. The maximum atomic E-state index is 11.2. The van der Waals surface area contributed by atoms with Gasteiger partial charge in [0.05, 0.1) is 13.7 Å². The molecule has 0 radical (unpaired) electrons. The first-order valence-corrected chi connectivity index (χ1v) is 6.43. The monoisotopic (exact) mass is 272 g/mol. The lowest BCUT2D eigenvalue weighted by Gasteiger charge is -2.25. The topological polar surface area (TPSA) is 82.2 Å². The number of nitrogens with two attached hydrogens (primary N) is 1. The summed E-state index contributed by atoms with van der Waals surface area (Å²) in [5.41, 5.74) is 6.72. The lowest BCUT2D eigenvalue weighted by Crippen LogP contribution is -2.26. The van der Waals surface area contributed by atoms with Crippen molar-refractivity contribution in [3.63, 3.8) is 0 Å². The van der Waals surface area contributed by atoms with E-state index in [-0.39, 0.29) is 5.92 Å². The average Bonchev–Trinajstić information content (AvgIpc) is 2.90. The first-order chi connectivity index (χ1) is 9.67. The van der Waals surface area contributed by atoms with Crippen LogP contribution in [0.4, 0.5) is 5.82 Å². The first kappa shape index (κ1) is 12.5. The maximum absolute atomic E-state index is 11.2. The van der Waals surface area contributed by atoms with Gasteiger partial charge in [0.1, 0.15) is 11.6 Å². The zero-order valence-electron chi connectivity index (χ0n) is 11.2. The van der Waals surface area contributed by atoms with Gasteiger partial charge in [-0.05, 0) is 17.7 Å². The zero-order chi connectivity index (χ0) is 14.1. The second kappa shape index (κ2) is 4.88. The summed E-state index contributed by atoms with van der Waals surface area (Å²) in [7, 11) is 1.66. The minimum atomic E-state index is -0.508. The smallest absolute Gasteiger partial charge is 0.269 e. The number of anilines is 1. The molecular formula is C14H16N4O2. The highest BCUT2D eigenvalue weighted by Crippen LogP contribution is 2.27. The molecule has 1 aliphatic rings. The Bertz CT molecular complexity index is 650. The molecule has 6 nitrogen and oxygen atoms in total. The third-order valence-electron chi connectivity index (χ3n) is 3.52. The van der Waals surface area contributed by atoms with Crippen LogP contribution in [-0.2, 0) is 6.54 Å². The number of primary amides is 1. The molecule has 3 rings (SSSR count). The summed E-state index contributed by atoms with van der Waals surface area (Å²) < 4.78 is 7.03. The predicted molar refractivity (Wildman–Crippen MR) is 75.0 cm³/mol. The highest BCUT2D eigenvalue weighted by atomic mass is 16.5. The van der Waals surface area contributed by atoms with Crippen molar-refractivity contribution in [1.29, 1.82) is 0 Å². The number of rotatable bonds is 3. The number of carbonyl (C=O) groups excluding carboxylic acids is 1. The molecule has 0 bridgehead atoms. The molecule has 1 aliphatic heterocycles. The van der Waals surface area contributed by atoms with Crippen molar-refractivity contribution in [1.82, 2.24) is 9.78 Å². The van der Waals surface area contributed by atoms with Gasteiger partial charge in [-0.3, -0.25) is 4.79 Å². The first-order valence-electron chi connectivity index (χ1n) is 6.43. The number of methoxy groups -OCH3 is 1. The van der Waals surface area contributed by atoms with Gasteiger partial charge in [0, 0.05) is 18.5 Å². The van der Waals surface area contributed by atoms with Crippen LogP contribution >= 0.6 is 0 Å². The Morgan fingerprint density at radius 2 is 2.35 bits per heavy atom. The molecular weight excluding hydrogens is 256 g/mol. The number of amides is 1. The van der Waals surface area contributed by atoms with Gasteiger partial charge in [0.15, 0.2) is 5.69 Å². The molecule has 1 amide bonds. The van der Waals surface area contributed by atoms with E-state index in [1.54, 1.807) is 17.9 Å². The van der Waals surface area contributed by atoms with E-state index in [0.29, 0.717) is 12.2 Å². The normalized spacial score (nSPS) is 17.1. The Morgan fingerprint density at radius 3 is 3.10 bits per heavy atom. The average molecular weight is 272 g/mol. The van der Waals surface area contributed by atoms with E-state index >= 15 is 0 Å². The van der Waals surface area contributed by atoms with E-state index in [9.17, 15) is 4.79 Å². The molecule has 1 aromatic carbocycles. The molecule has 1 atom stereocenters. The summed E-state index contributed by atoms with van der Waals surface area (Å²) in [6.45, 7) is 1.50. The van der Waals surface area contributed by atoms with E-state index in [1.165, 1.54) is 5.56 Å². The Kier molecular flexibility index (Phi) is 3.06. The van der Waals surface area contributed by atoms with Crippen molar-refractivity contribution >= 4 is 11.7 Å². The van der Waals surface area contributed by atoms with Crippen LogP contribution in [0.15, 0.2) is 30.3 Å². The fourth-order valence-corrected chi connectivity index (χ4v) is 2.44. The minimum Gasteiger partial charge on any atom is -0.497 e. The quantitative estimate of drug-likeness (QED) is 0.879. The second-order valence-corrected chi connectivity index (χ2v) is 4.82. The summed E-state index contributed by atoms with van der Waals surface area (Å²) in [6.07, 6.45) is 0. The van der Waals surface area contributed by atoms with Crippen molar-refractivity contribution in [2.45, 2.75) is 12.5 Å². The van der Waals surface area contributed by atoms with Crippen molar-refractivity contribution in [2.24, 2.45) is 5.73 Å². The summed E-state index contributed by atoms with van der Waals surface area (Å²) in [4.78, 5) is 11.2. The Balaban J connectivity index is 1.85. The van der Waals surface area contributed by atoms with Crippen LogP contribution in [0.3, 0.4) is 0 Å². The highest BCUT2D eigenvalue weighted by molar-refractivity contribution is 5.91. The summed E-state index contributed by atoms with van der Waals surface area (Å²) in [5.74, 6) is 1.44. The van der Waals surface area contributed by atoms with E-state index in [2.05, 4.69) is 16.5 Å². The standard InChI is InChI=1S/C14H16N4O2/c1-20-11-4-2-3-9(5-11)10-7-16-13-6-12(14(15)19)17-18(13)8-10/h2-6,10,16H,7-8H2,1H3,(H2,15,19). The molecule has 0 fully saturated rings. The number of nitrogens with one attached hydrogen (secondary N) is 1. The predicted octanol–water partition coefficient (Wildman–Crippen LogP) is 1.20. The number of benzene rings is 1. The summed E-state index contributed by atoms with van der Waals surface area (Å²) in [6, 6.07) is 9.67. The van der Waals surface area contributed by atoms with E-state index in [0.717, 1.165) is 18.1 Å². The van der Waals surface area contributed by atoms with Crippen LogP contribution in [0, 0.1) is 0 Å². The fraction of sp³-hybridized carbons (Fsp3) is 0.286. The van der Waals surface area contributed by atoms with Gasteiger partial charge in [-0.2, -0.15) is 5.10 Å². The van der Waals surface area contributed by atoms with E-state index in [4.69, 9.17) is 10.5 Å². The zero-order valence-corrected chi connectivity index (χ0v) is 11.2. The van der Waals surface area contributed by atoms with Crippen LogP contribution < -0.4 is 15.8 Å². The maximum Gasteiger partial charge on any atom is 0.269 e. The molecule has 3 N–H and O–H groups in total. The van der Waals surface area contributed by atoms with Gasteiger partial charge >= 0.3 is 0 Å². The van der Waals surface area contributed by atoms with Crippen molar-refractivity contribution in [3.05, 3.63) is 41.6 Å². The molecule has 0 saturated heterocycles. The lowest BCUT2D eigenvalue weighted by atomic mass is 9.97. The molecule has 2 heterocycles. The SMILES string of the molecule is COc1cccc(C2CNc3cc(C(N)=O)nn3C2)c1.